The van der Waals surface area contributed by atoms with Crippen LogP contribution in [0, 0.1) is 0 Å². The molecule has 1 aliphatic heterocycles. The monoisotopic (exact) mass is 309 g/mol. The third kappa shape index (κ3) is 5.11. The predicted octanol–water partition coefficient (Wildman–Crippen LogP) is 5.00. The summed E-state index contributed by atoms with van der Waals surface area (Å²) in [5.74, 6) is 0.978. The first-order valence-corrected chi connectivity index (χ1v) is 8.92. The summed E-state index contributed by atoms with van der Waals surface area (Å²) < 4.78 is 5.93. The van der Waals surface area contributed by atoms with Crippen molar-refractivity contribution in [1.82, 2.24) is 4.90 Å². The molecule has 0 spiro atoms. The minimum absolute atomic E-state index is 0.818. The van der Waals surface area contributed by atoms with Crippen LogP contribution in [0.3, 0.4) is 0 Å². The van der Waals surface area contributed by atoms with Crippen molar-refractivity contribution in [2.75, 3.05) is 26.2 Å². The second-order valence-electron chi connectivity index (χ2n) is 6.35. The van der Waals surface area contributed by atoms with E-state index in [1.807, 2.05) is 6.07 Å². The largest absolute Gasteiger partial charge is 0.494 e. The highest BCUT2D eigenvalue weighted by Crippen LogP contribution is 2.23. The van der Waals surface area contributed by atoms with Crippen LogP contribution in [-0.4, -0.2) is 31.1 Å². The molecule has 0 bridgehead atoms. The van der Waals surface area contributed by atoms with Gasteiger partial charge in [-0.1, -0.05) is 42.5 Å². The number of hydrogen-bond donors (Lipinski definition) is 0. The third-order valence-electron chi connectivity index (χ3n) is 4.53. The molecule has 2 aromatic carbocycles. The van der Waals surface area contributed by atoms with Crippen LogP contribution in [0.2, 0.25) is 0 Å². The molecule has 0 atom stereocenters. The van der Waals surface area contributed by atoms with E-state index in [1.165, 1.54) is 56.4 Å². The average Bonchev–Trinajstić information content (AvgIpc) is 3.12. The van der Waals surface area contributed by atoms with E-state index in [9.17, 15) is 0 Å². The fourth-order valence-electron chi connectivity index (χ4n) is 3.21. The molecule has 23 heavy (non-hydrogen) atoms. The van der Waals surface area contributed by atoms with Crippen LogP contribution in [0.5, 0.6) is 5.75 Å². The van der Waals surface area contributed by atoms with Crippen molar-refractivity contribution < 1.29 is 4.74 Å². The third-order valence-corrected chi connectivity index (χ3v) is 4.53. The van der Waals surface area contributed by atoms with Gasteiger partial charge < -0.3 is 9.64 Å². The maximum Gasteiger partial charge on any atom is 0.119 e. The Morgan fingerprint density at radius 1 is 0.783 bits per heavy atom. The van der Waals surface area contributed by atoms with Gasteiger partial charge in [-0.05, 0) is 75.0 Å². The Kier molecular flexibility index (Phi) is 6.10. The molecule has 1 aliphatic rings. The van der Waals surface area contributed by atoms with E-state index in [4.69, 9.17) is 4.74 Å². The topological polar surface area (TPSA) is 12.5 Å². The highest BCUT2D eigenvalue weighted by Gasteiger charge is 2.09. The first kappa shape index (κ1) is 16.1. The van der Waals surface area contributed by atoms with Crippen LogP contribution in [0.25, 0.3) is 11.1 Å². The zero-order chi connectivity index (χ0) is 15.7. The molecular formula is C21H27NO. The average molecular weight is 309 g/mol. The van der Waals surface area contributed by atoms with Crippen LogP contribution < -0.4 is 4.74 Å². The quantitative estimate of drug-likeness (QED) is 0.636. The summed E-state index contributed by atoms with van der Waals surface area (Å²) in [5.41, 5.74) is 2.46. The van der Waals surface area contributed by atoms with E-state index in [-0.39, 0.29) is 0 Å². The van der Waals surface area contributed by atoms with Crippen molar-refractivity contribution in [3.8, 4) is 16.9 Å². The van der Waals surface area contributed by atoms with Crippen LogP contribution in [-0.2, 0) is 0 Å². The summed E-state index contributed by atoms with van der Waals surface area (Å²) in [6.45, 7) is 4.70. The highest BCUT2D eigenvalue weighted by atomic mass is 16.5. The van der Waals surface area contributed by atoms with E-state index >= 15 is 0 Å². The zero-order valence-electron chi connectivity index (χ0n) is 13.9. The standard InChI is InChI=1S/C21H27NO/c1-3-10-19(11-4-1)20-12-9-13-21(18-20)23-17-8-2-5-14-22-15-6-7-16-22/h1,3-4,9-13,18H,2,5-8,14-17H2. The summed E-state index contributed by atoms with van der Waals surface area (Å²) in [7, 11) is 0. The number of likely N-dealkylation sites (tertiary alicyclic amines) is 1. The van der Waals surface area contributed by atoms with Gasteiger partial charge in [-0.15, -0.1) is 0 Å². The Morgan fingerprint density at radius 3 is 2.39 bits per heavy atom. The van der Waals surface area contributed by atoms with Gasteiger partial charge >= 0.3 is 0 Å². The van der Waals surface area contributed by atoms with E-state index in [0.29, 0.717) is 0 Å². The van der Waals surface area contributed by atoms with Crippen LogP contribution in [0.15, 0.2) is 54.6 Å². The fraction of sp³-hybridized carbons (Fsp3) is 0.429. The molecule has 122 valence electrons. The van der Waals surface area contributed by atoms with Crippen molar-refractivity contribution in [3.63, 3.8) is 0 Å². The van der Waals surface area contributed by atoms with Crippen molar-refractivity contribution in [2.45, 2.75) is 32.1 Å². The number of hydrogen-bond acceptors (Lipinski definition) is 2. The number of benzene rings is 2. The molecule has 2 aromatic rings. The van der Waals surface area contributed by atoms with Crippen LogP contribution in [0.1, 0.15) is 32.1 Å². The molecule has 2 nitrogen and oxygen atoms in total. The number of unbranched alkanes of at least 4 members (excludes halogenated alkanes) is 2. The molecule has 2 heteroatoms. The molecule has 1 fully saturated rings. The first-order valence-electron chi connectivity index (χ1n) is 8.92. The van der Waals surface area contributed by atoms with Gasteiger partial charge in [0.2, 0.25) is 0 Å². The molecule has 3 rings (SSSR count). The van der Waals surface area contributed by atoms with Gasteiger partial charge in [-0.2, -0.15) is 0 Å². The molecule has 0 N–H and O–H groups in total. The summed E-state index contributed by atoms with van der Waals surface area (Å²) in [6, 6.07) is 18.9. The second-order valence-corrected chi connectivity index (χ2v) is 6.35. The molecular weight excluding hydrogens is 282 g/mol. The zero-order valence-corrected chi connectivity index (χ0v) is 13.9. The Morgan fingerprint density at radius 2 is 1.57 bits per heavy atom. The minimum atomic E-state index is 0.818. The second kappa shape index (κ2) is 8.73. The molecule has 1 saturated heterocycles. The fourth-order valence-corrected chi connectivity index (χ4v) is 3.21. The Hall–Kier alpha value is -1.80. The first-order chi connectivity index (χ1) is 11.4. The van der Waals surface area contributed by atoms with Crippen LogP contribution >= 0.6 is 0 Å². The summed E-state index contributed by atoms with van der Waals surface area (Å²) in [5, 5.41) is 0. The molecule has 0 aromatic heterocycles. The predicted molar refractivity (Wildman–Crippen MR) is 96.9 cm³/mol. The number of nitrogens with zero attached hydrogens (tertiary/aromatic N) is 1. The van der Waals surface area contributed by atoms with Crippen LogP contribution in [0.4, 0.5) is 0 Å². The van der Waals surface area contributed by atoms with Gasteiger partial charge in [0.15, 0.2) is 0 Å². The summed E-state index contributed by atoms with van der Waals surface area (Å²) in [6.07, 6.45) is 6.48. The number of ether oxygens (including phenoxy) is 1. The molecule has 0 amide bonds. The van der Waals surface area contributed by atoms with Crippen molar-refractivity contribution in [3.05, 3.63) is 54.6 Å². The van der Waals surface area contributed by atoms with Gasteiger partial charge in [-0.25, -0.2) is 0 Å². The molecule has 0 saturated carbocycles. The Labute approximate surface area is 140 Å². The normalized spacial score (nSPS) is 15.0. The summed E-state index contributed by atoms with van der Waals surface area (Å²) >= 11 is 0. The Balaban J connectivity index is 1.38. The molecule has 0 aliphatic carbocycles. The maximum absolute atomic E-state index is 5.93. The van der Waals surface area contributed by atoms with Gasteiger partial charge in [-0.3, -0.25) is 0 Å². The maximum atomic E-state index is 5.93. The lowest BCUT2D eigenvalue weighted by Gasteiger charge is -2.14. The number of rotatable bonds is 8. The SMILES string of the molecule is c1ccc(-c2cccc(OCCCCCN3CCCC3)c2)cc1. The lowest BCUT2D eigenvalue weighted by molar-refractivity contribution is 0.290. The van der Waals surface area contributed by atoms with E-state index < -0.39 is 0 Å². The lowest BCUT2D eigenvalue weighted by Crippen LogP contribution is -2.20. The molecule has 1 heterocycles. The highest BCUT2D eigenvalue weighted by molar-refractivity contribution is 5.64. The summed E-state index contributed by atoms with van der Waals surface area (Å²) in [4.78, 5) is 2.59. The van der Waals surface area contributed by atoms with Gasteiger partial charge in [0, 0.05) is 0 Å². The van der Waals surface area contributed by atoms with Gasteiger partial charge in [0.1, 0.15) is 5.75 Å². The molecule has 0 radical (unpaired) electrons. The van der Waals surface area contributed by atoms with Gasteiger partial charge in [0.05, 0.1) is 6.61 Å². The lowest BCUT2D eigenvalue weighted by atomic mass is 10.1. The van der Waals surface area contributed by atoms with Crippen molar-refractivity contribution in [2.24, 2.45) is 0 Å². The van der Waals surface area contributed by atoms with E-state index in [2.05, 4.69) is 53.4 Å². The van der Waals surface area contributed by atoms with E-state index in [1.54, 1.807) is 0 Å². The van der Waals surface area contributed by atoms with Gasteiger partial charge in [0.25, 0.3) is 0 Å². The smallest absolute Gasteiger partial charge is 0.119 e. The van der Waals surface area contributed by atoms with Crippen molar-refractivity contribution >= 4 is 0 Å². The Bertz CT molecular complexity index is 575. The van der Waals surface area contributed by atoms with E-state index in [0.717, 1.165) is 18.8 Å². The molecule has 0 unspecified atom stereocenters. The minimum Gasteiger partial charge on any atom is -0.494 e. The van der Waals surface area contributed by atoms with Crippen molar-refractivity contribution in [1.29, 1.82) is 0 Å².